The van der Waals surface area contributed by atoms with Gasteiger partial charge in [-0.2, -0.15) is 5.10 Å². The molecule has 0 spiro atoms. The van der Waals surface area contributed by atoms with Crippen molar-refractivity contribution in [2.45, 2.75) is 64.6 Å². The number of amides is 1. The van der Waals surface area contributed by atoms with Crippen molar-refractivity contribution in [3.8, 4) is 11.3 Å². The summed E-state index contributed by atoms with van der Waals surface area (Å²) >= 11 is 0. The molecule has 1 aromatic carbocycles. The van der Waals surface area contributed by atoms with Crippen molar-refractivity contribution >= 4 is 5.91 Å². The Morgan fingerprint density at radius 3 is 2.78 bits per heavy atom. The largest absolute Gasteiger partial charge is 0.356 e. The SMILES string of the molecule is CCn1nc(C(=O)N2CCCCC2)c2c1CCC(NCc1cc(-c3ccccc3)on1)C2. The Morgan fingerprint density at radius 1 is 1.19 bits per heavy atom. The average molecular weight is 434 g/mol. The van der Waals surface area contributed by atoms with Crippen LogP contribution in [-0.4, -0.2) is 44.9 Å². The molecule has 5 rings (SSSR count). The van der Waals surface area contributed by atoms with Gasteiger partial charge in [0.2, 0.25) is 0 Å². The highest BCUT2D eigenvalue weighted by molar-refractivity contribution is 5.94. The first-order valence-corrected chi connectivity index (χ1v) is 11.8. The molecule has 1 saturated heterocycles. The van der Waals surface area contributed by atoms with Crippen molar-refractivity contribution in [1.82, 2.24) is 25.2 Å². The van der Waals surface area contributed by atoms with E-state index < -0.39 is 0 Å². The molecule has 0 saturated carbocycles. The van der Waals surface area contributed by atoms with E-state index in [1.807, 2.05) is 46.0 Å². The lowest BCUT2D eigenvalue weighted by atomic mass is 9.91. The van der Waals surface area contributed by atoms with Gasteiger partial charge in [0.05, 0.1) is 5.69 Å². The van der Waals surface area contributed by atoms with E-state index in [4.69, 9.17) is 9.62 Å². The molecule has 32 heavy (non-hydrogen) atoms. The van der Waals surface area contributed by atoms with Crippen LogP contribution >= 0.6 is 0 Å². The second-order valence-corrected chi connectivity index (χ2v) is 8.81. The molecule has 7 heteroatoms. The highest BCUT2D eigenvalue weighted by Gasteiger charge is 2.31. The third kappa shape index (κ3) is 4.21. The summed E-state index contributed by atoms with van der Waals surface area (Å²) in [6.45, 7) is 5.25. The summed E-state index contributed by atoms with van der Waals surface area (Å²) in [5, 5.41) is 12.6. The summed E-state index contributed by atoms with van der Waals surface area (Å²) in [5.74, 6) is 0.893. The van der Waals surface area contributed by atoms with Gasteiger partial charge in [-0.25, -0.2) is 0 Å². The molecule has 1 aliphatic heterocycles. The Bertz CT molecular complexity index is 1070. The molecular weight excluding hydrogens is 402 g/mol. The van der Waals surface area contributed by atoms with Crippen LogP contribution in [0.2, 0.25) is 0 Å². The second-order valence-electron chi connectivity index (χ2n) is 8.81. The Kier molecular flexibility index (Phi) is 6.08. The number of hydrogen-bond donors (Lipinski definition) is 1. The van der Waals surface area contributed by atoms with Gasteiger partial charge in [0.25, 0.3) is 5.91 Å². The highest BCUT2D eigenvalue weighted by atomic mass is 16.5. The van der Waals surface area contributed by atoms with Crippen LogP contribution in [0.25, 0.3) is 11.3 Å². The lowest BCUT2D eigenvalue weighted by molar-refractivity contribution is 0.0716. The standard InChI is InChI=1S/C25H31N5O2/c1-2-30-22-12-11-19(15-21(22)24(27-30)25(31)29-13-7-4-8-14-29)26-17-20-16-23(32-28-20)18-9-5-3-6-10-18/h3,5-6,9-10,16,19,26H,2,4,7-8,11-15,17H2,1H3. The summed E-state index contributed by atoms with van der Waals surface area (Å²) in [5.41, 5.74) is 4.96. The normalized spacial score (nSPS) is 18.5. The fraction of sp³-hybridized carbons (Fsp3) is 0.480. The monoisotopic (exact) mass is 433 g/mol. The van der Waals surface area contributed by atoms with Crippen molar-refractivity contribution in [2.75, 3.05) is 13.1 Å². The Balaban J connectivity index is 1.27. The predicted molar refractivity (Wildman–Crippen MR) is 122 cm³/mol. The molecular formula is C25H31N5O2. The zero-order valence-electron chi connectivity index (χ0n) is 18.7. The molecule has 7 nitrogen and oxygen atoms in total. The zero-order chi connectivity index (χ0) is 21.9. The molecule has 1 aliphatic carbocycles. The number of carbonyl (C=O) groups excluding carboxylic acids is 1. The van der Waals surface area contributed by atoms with Gasteiger partial charge < -0.3 is 14.7 Å². The van der Waals surface area contributed by atoms with Crippen molar-refractivity contribution < 1.29 is 9.32 Å². The van der Waals surface area contributed by atoms with E-state index >= 15 is 0 Å². The minimum Gasteiger partial charge on any atom is -0.356 e. The molecule has 0 radical (unpaired) electrons. The molecule has 1 N–H and O–H groups in total. The predicted octanol–water partition coefficient (Wildman–Crippen LogP) is 3.83. The van der Waals surface area contributed by atoms with Crippen LogP contribution in [0.15, 0.2) is 40.9 Å². The highest BCUT2D eigenvalue weighted by Crippen LogP contribution is 2.27. The number of piperidine rings is 1. The van der Waals surface area contributed by atoms with Crippen molar-refractivity contribution in [2.24, 2.45) is 0 Å². The zero-order valence-corrected chi connectivity index (χ0v) is 18.7. The van der Waals surface area contributed by atoms with E-state index in [-0.39, 0.29) is 5.91 Å². The molecule has 3 aromatic rings. The van der Waals surface area contributed by atoms with Gasteiger partial charge in [0, 0.05) is 55.1 Å². The lowest BCUT2D eigenvalue weighted by Crippen LogP contribution is -2.38. The number of fused-ring (bicyclic) bond motifs is 1. The minimum atomic E-state index is 0.109. The molecule has 0 bridgehead atoms. The molecule has 2 aromatic heterocycles. The van der Waals surface area contributed by atoms with Gasteiger partial charge in [-0.3, -0.25) is 9.48 Å². The van der Waals surface area contributed by atoms with E-state index in [1.165, 1.54) is 12.1 Å². The molecule has 1 fully saturated rings. The summed E-state index contributed by atoms with van der Waals surface area (Å²) in [4.78, 5) is 15.2. The summed E-state index contributed by atoms with van der Waals surface area (Å²) in [6.07, 6.45) is 6.19. The molecule has 1 atom stereocenters. The van der Waals surface area contributed by atoms with E-state index in [9.17, 15) is 4.79 Å². The maximum atomic E-state index is 13.2. The number of hydrogen-bond acceptors (Lipinski definition) is 5. The van der Waals surface area contributed by atoms with Gasteiger partial charge in [-0.15, -0.1) is 0 Å². The lowest BCUT2D eigenvalue weighted by Gasteiger charge is -2.27. The summed E-state index contributed by atoms with van der Waals surface area (Å²) in [6, 6.07) is 12.3. The van der Waals surface area contributed by atoms with Gasteiger partial charge >= 0.3 is 0 Å². The first-order valence-electron chi connectivity index (χ1n) is 11.8. The molecule has 2 aliphatic rings. The number of benzene rings is 1. The van der Waals surface area contributed by atoms with Crippen LogP contribution < -0.4 is 5.32 Å². The van der Waals surface area contributed by atoms with E-state index in [2.05, 4.69) is 17.4 Å². The summed E-state index contributed by atoms with van der Waals surface area (Å²) in [7, 11) is 0. The summed E-state index contributed by atoms with van der Waals surface area (Å²) < 4.78 is 7.56. The van der Waals surface area contributed by atoms with Gasteiger partial charge in [-0.05, 0) is 45.4 Å². The number of aryl methyl sites for hydroxylation is 1. The van der Waals surface area contributed by atoms with Crippen LogP contribution in [0.5, 0.6) is 0 Å². The quantitative estimate of drug-likeness (QED) is 0.639. The molecule has 1 unspecified atom stereocenters. The average Bonchev–Trinajstić information content (AvgIpc) is 3.48. The van der Waals surface area contributed by atoms with Crippen LogP contribution in [0.1, 0.15) is 60.0 Å². The third-order valence-corrected chi connectivity index (χ3v) is 6.68. The third-order valence-electron chi connectivity index (χ3n) is 6.68. The van der Waals surface area contributed by atoms with Crippen LogP contribution in [0.4, 0.5) is 0 Å². The minimum absolute atomic E-state index is 0.109. The Hall–Kier alpha value is -2.93. The number of rotatable bonds is 6. The van der Waals surface area contributed by atoms with E-state index in [0.717, 1.165) is 74.3 Å². The van der Waals surface area contributed by atoms with Gasteiger partial charge in [0.15, 0.2) is 11.5 Å². The first kappa shape index (κ1) is 20.9. The van der Waals surface area contributed by atoms with Crippen molar-refractivity contribution in [3.05, 3.63) is 59.0 Å². The second kappa shape index (κ2) is 9.28. The fourth-order valence-corrected chi connectivity index (χ4v) is 4.92. The van der Waals surface area contributed by atoms with Crippen LogP contribution in [0, 0.1) is 0 Å². The number of nitrogens with one attached hydrogen (secondary N) is 1. The van der Waals surface area contributed by atoms with Gasteiger partial charge in [0.1, 0.15) is 0 Å². The molecule has 1 amide bonds. The van der Waals surface area contributed by atoms with Crippen molar-refractivity contribution in [1.29, 1.82) is 0 Å². The maximum Gasteiger partial charge on any atom is 0.274 e. The smallest absolute Gasteiger partial charge is 0.274 e. The Labute approximate surface area is 188 Å². The van der Waals surface area contributed by atoms with Crippen molar-refractivity contribution in [3.63, 3.8) is 0 Å². The van der Waals surface area contributed by atoms with Crippen LogP contribution in [-0.2, 0) is 25.9 Å². The number of aromatic nitrogens is 3. The number of nitrogens with zero attached hydrogens (tertiary/aromatic N) is 4. The van der Waals surface area contributed by atoms with E-state index in [0.29, 0.717) is 18.3 Å². The van der Waals surface area contributed by atoms with E-state index in [1.54, 1.807) is 0 Å². The molecule has 168 valence electrons. The molecule has 3 heterocycles. The number of likely N-dealkylation sites (tertiary alicyclic amines) is 1. The van der Waals surface area contributed by atoms with Gasteiger partial charge in [-0.1, -0.05) is 35.5 Å². The number of carbonyl (C=O) groups is 1. The van der Waals surface area contributed by atoms with Crippen LogP contribution in [0.3, 0.4) is 0 Å². The maximum absolute atomic E-state index is 13.2. The fourth-order valence-electron chi connectivity index (χ4n) is 4.92. The first-order chi connectivity index (χ1) is 15.7. The Morgan fingerprint density at radius 2 is 2.00 bits per heavy atom. The topological polar surface area (TPSA) is 76.2 Å².